The number of aromatic nitrogens is 1. The number of rotatable bonds is 7. The first kappa shape index (κ1) is 15.1. The Bertz CT molecular complexity index is 601. The minimum Gasteiger partial charge on any atom is -0.494 e. The highest BCUT2D eigenvalue weighted by Crippen LogP contribution is 2.24. The molecule has 0 radical (unpaired) electrons. The molecule has 5 nitrogen and oxygen atoms in total. The van der Waals surface area contributed by atoms with E-state index in [-0.39, 0.29) is 5.76 Å². The fourth-order valence-corrected chi connectivity index (χ4v) is 1.91. The number of oxazole rings is 1. The molecule has 1 aromatic heterocycles. The van der Waals surface area contributed by atoms with Gasteiger partial charge in [-0.3, -0.25) is 0 Å². The lowest BCUT2D eigenvalue weighted by Gasteiger charge is -2.05. The van der Waals surface area contributed by atoms with E-state index in [0.717, 1.165) is 24.2 Å². The van der Waals surface area contributed by atoms with Gasteiger partial charge in [0.15, 0.2) is 0 Å². The molecule has 0 atom stereocenters. The molecule has 1 heterocycles. The van der Waals surface area contributed by atoms with Crippen molar-refractivity contribution in [2.45, 2.75) is 33.1 Å². The summed E-state index contributed by atoms with van der Waals surface area (Å²) < 4.78 is 10.9. The van der Waals surface area contributed by atoms with Crippen LogP contribution < -0.4 is 4.74 Å². The third-order valence-electron chi connectivity index (χ3n) is 3.09. The van der Waals surface area contributed by atoms with E-state index in [2.05, 4.69) is 11.9 Å². The summed E-state index contributed by atoms with van der Waals surface area (Å²) in [5, 5.41) is 9.07. The average Bonchev–Trinajstić information content (AvgIpc) is 2.93. The van der Waals surface area contributed by atoms with Crippen molar-refractivity contribution in [1.82, 2.24) is 4.98 Å². The van der Waals surface area contributed by atoms with Crippen LogP contribution in [0.5, 0.6) is 5.75 Å². The molecule has 0 aliphatic carbocycles. The Balaban J connectivity index is 2.16. The lowest BCUT2D eigenvalue weighted by molar-refractivity contribution is 0.0662. The zero-order valence-electron chi connectivity index (χ0n) is 12.3. The third kappa shape index (κ3) is 3.62. The summed E-state index contributed by atoms with van der Waals surface area (Å²) in [4.78, 5) is 15.3. The van der Waals surface area contributed by atoms with Gasteiger partial charge >= 0.3 is 5.97 Å². The van der Waals surface area contributed by atoms with Crippen LogP contribution in [0.1, 0.15) is 42.9 Å². The van der Waals surface area contributed by atoms with Gasteiger partial charge in [-0.25, -0.2) is 9.78 Å². The van der Waals surface area contributed by atoms with Crippen molar-refractivity contribution < 1.29 is 19.1 Å². The van der Waals surface area contributed by atoms with Gasteiger partial charge in [-0.15, -0.1) is 0 Å². The molecule has 112 valence electrons. The molecule has 0 saturated heterocycles. The highest BCUT2D eigenvalue weighted by molar-refractivity contribution is 5.86. The zero-order valence-corrected chi connectivity index (χ0v) is 12.3. The standard InChI is InChI=1S/C16H19NO4/c1-3-5-10-20-12-8-6-11(7-9-12)15-17-13(4-2)14(21-15)16(18)19/h6-9H,3-5,10H2,1-2H3,(H,18,19). The summed E-state index contributed by atoms with van der Waals surface area (Å²) in [5.41, 5.74) is 1.20. The first-order valence-corrected chi connectivity index (χ1v) is 7.12. The minimum absolute atomic E-state index is 0.0872. The van der Waals surface area contributed by atoms with Crippen molar-refractivity contribution in [3.8, 4) is 17.2 Å². The van der Waals surface area contributed by atoms with Crippen LogP contribution in [0, 0.1) is 0 Å². The molecule has 2 aromatic rings. The first-order chi connectivity index (χ1) is 10.2. The fourth-order valence-electron chi connectivity index (χ4n) is 1.91. The van der Waals surface area contributed by atoms with Gasteiger partial charge in [0.25, 0.3) is 0 Å². The Kier molecular flexibility index (Phi) is 4.98. The van der Waals surface area contributed by atoms with Gasteiger partial charge in [-0.1, -0.05) is 20.3 Å². The second kappa shape index (κ2) is 6.92. The minimum atomic E-state index is -1.09. The van der Waals surface area contributed by atoms with E-state index in [0.29, 0.717) is 24.6 Å². The van der Waals surface area contributed by atoms with Crippen LogP contribution in [0.4, 0.5) is 0 Å². The Morgan fingerprint density at radius 2 is 2.00 bits per heavy atom. The molecule has 0 unspecified atom stereocenters. The number of carbonyl (C=O) groups is 1. The molecule has 1 aromatic carbocycles. The number of carboxylic acid groups (broad SMARTS) is 1. The van der Waals surface area contributed by atoms with Crippen LogP contribution in [0.3, 0.4) is 0 Å². The second-order valence-corrected chi connectivity index (χ2v) is 4.68. The maximum Gasteiger partial charge on any atom is 0.373 e. The number of aromatic carboxylic acids is 1. The van der Waals surface area contributed by atoms with Crippen LogP contribution in [0.15, 0.2) is 28.7 Å². The number of nitrogens with zero attached hydrogens (tertiary/aromatic N) is 1. The van der Waals surface area contributed by atoms with Gasteiger partial charge in [0.05, 0.1) is 12.3 Å². The van der Waals surface area contributed by atoms with E-state index in [1.165, 1.54) is 0 Å². The molecule has 2 rings (SSSR count). The maximum absolute atomic E-state index is 11.1. The van der Waals surface area contributed by atoms with E-state index >= 15 is 0 Å². The molecule has 0 aliphatic heterocycles. The van der Waals surface area contributed by atoms with Crippen LogP contribution in [0.2, 0.25) is 0 Å². The summed E-state index contributed by atoms with van der Waals surface area (Å²) in [6.45, 7) is 4.65. The van der Waals surface area contributed by atoms with E-state index < -0.39 is 5.97 Å². The normalized spacial score (nSPS) is 10.6. The number of unbranched alkanes of at least 4 members (excludes halogenated alkanes) is 1. The zero-order chi connectivity index (χ0) is 15.2. The molecule has 0 aliphatic rings. The van der Waals surface area contributed by atoms with Gasteiger partial charge in [-0.05, 0) is 37.1 Å². The molecule has 5 heteroatoms. The third-order valence-corrected chi connectivity index (χ3v) is 3.09. The monoisotopic (exact) mass is 289 g/mol. The lowest BCUT2D eigenvalue weighted by Crippen LogP contribution is -1.98. The number of carboxylic acids is 1. The fraction of sp³-hybridized carbons (Fsp3) is 0.375. The average molecular weight is 289 g/mol. The van der Waals surface area contributed by atoms with Gasteiger partial charge in [0.1, 0.15) is 5.75 Å². The Labute approximate surface area is 123 Å². The van der Waals surface area contributed by atoms with Gasteiger partial charge < -0.3 is 14.3 Å². The molecule has 0 spiro atoms. The number of aryl methyl sites for hydroxylation is 1. The quantitative estimate of drug-likeness (QED) is 0.785. The molecular weight excluding hydrogens is 270 g/mol. The van der Waals surface area contributed by atoms with Crippen molar-refractivity contribution in [2.75, 3.05) is 6.61 Å². The maximum atomic E-state index is 11.1. The molecule has 1 N–H and O–H groups in total. The Hall–Kier alpha value is -2.30. The summed E-state index contributed by atoms with van der Waals surface area (Å²) in [6.07, 6.45) is 2.62. The highest BCUT2D eigenvalue weighted by Gasteiger charge is 2.18. The topological polar surface area (TPSA) is 72.6 Å². The van der Waals surface area contributed by atoms with E-state index in [9.17, 15) is 4.79 Å². The molecular formula is C16H19NO4. The lowest BCUT2D eigenvalue weighted by atomic mass is 10.2. The SMILES string of the molecule is CCCCOc1ccc(-c2nc(CC)c(C(=O)O)o2)cc1. The van der Waals surface area contributed by atoms with Gasteiger partial charge in [-0.2, -0.15) is 0 Å². The molecule has 0 fully saturated rings. The highest BCUT2D eigenvalue weighted by atomic mass is 16.5. The molecule has 0 amide bonds. The van der Waals surface area contributed by atoms with Crippen molar-refractivity contribution in [3.05, 3.63) is 35.7 Å². The van der Waals surface area contributed by atoms with E-state index in [4.69, 9.17) is 14.3 Å². The largest absolute Gasteiger partial charge is 0.494 e. The summed E-state index contributed by atoms with van der Waals surface area (Å²) >= 11 is 0. The smallest absolute Gasteiger partial charge is 0.373 e. The van der Waals surface area contributed by atoms with Gasteiger partial charge in [0, 0.05) is 5.56 Å². The van der Waals surface area contributed by atoms with Crippen LogP contribution in [-0.4, -0.2) is 22.7 Å². The Morgan fingerprint density at radius 1 is 1.29 bits per heavy atom. The first-order valence-electron chi connectivity index (χ1n) is 7.12. The van der Waals surface area contributed by atoms with Gasteiger partial charge in [0.2, 0.25) is 11.7 Å². The summed E-state index contributed by atoms with van der Waals surface area (Å²) in [5.74, 6) is -0.0711. The summed E-state index contributed by atoms with van der Waals surface area (Å²) in [7, 11) is 0. The molecule has 21 heavy (non-hydrogen) atoms. The Morgan fingerprint density at radius 3 is 2.52 bits per heavy atom. The van der Waals surface area contributed by atoms with Crippen LogP contribution in [0.25, 0.3) is 11.5 Å². The van der Waals surface area contributed by atoms with E-state index in [1.54, 1.807) is 0 Å². The van der Waals surface area contributed by atoms with Crippen molar-refractivity contribution in [3.63, 3.8) is 0 Å². The molecule has 0 saturated carbocycles. The number of hydrogen-bond acceptors (Lipinski definition) is 4. The van der Waals surface area contributed by atoms with Crippen LogP contribution in [-0.2, 0) is 6.42 Å². The molecule has 0 bridgehead atoms. The van der Waals surface area contributed by atoms with Crippen molar-refractivity contribution >= 4 is 5.97 Å². The second-order valence-electron chi connectivity index (χ2n) is 4.68. The predicted molar refractivity (Wildman–Crippen MR) is 78.7 cm³/mol. The van der Waals surface area contributed by atoms with E-state index in [1.807, 2.05) is 31.2 Å². The van der Waals surface area contributed by atoms with Crippen molar-refractivity contribution in [1.29, 1.82) is 0 Å². The predicted octanol–water partition coefficient (Wildman–Crippen LogP) is 3.78. The number of benzene rings is 1. The van der Waals surface area contributed by atoms with Crippen molar-refractivity contribution in [2.24, 2.45) is 0 Å². The number of hydrogen-bond donors (Lipinski definition) is 1. The summed E-state index contributed by atoms with van der Waals surface area (Å²) in [6, 6.07) is 7.30. The number of ether oxygens (including phenoxy) is 1. The van der Waals surface area contributed by atoms with Crippen LogP contribution >= 0.6 is 0 Å².